The molecule has 0 bridgehead atoms. The summed E-state index contributed by atoms with van der Waals surface area (Å²) in [6.45, 7) is 6.57. The summed E-state index contributed by atoms with van der Waals surface area (Å²) in [5, 5.41) is 2.81. The molecule has 1 N–H and O–H groups in total. The Morgan fingerprint density at radius 2 is 2.04 bits per heavy atom. The molecule has 0 fully saturated rings. The second-order valence-corrected chi connectivity index (χ2v) is 6.59. The molecule has 0 saturated heterocycles. The van der Waals surface area contributed by atoms with E-state index in [1.807, 2.05) is 31.2 Å². The standard InChI is InChI=1S/C21H23NO4/c1-4-25-18-8-6-5-7-17(18)22-20(23)19-12-15-11-14(13(2)3)9-10-16(15)21(24)26-19/h5-11,13,19H,4,12H2,1-3H3,(H,22,23). The Morgan fingerprint density at radius 3 is 2.77 bits per heavy atom. The maximum absolute atomic E-state index is 12.7. The van der Waals surface area contributed by atoms with Crippen molar-refractivity contribution < 1.29 is 19.1 Å². The van der Waals surface area contributed by atoms with Crippen molar-refractivity contribution in [1.29, 1.82) is 0 Å². The minimum absolute atomic E-state index is 0.351. The Labute approximate surface area is 153 Å². The molecule has 2 aromatic rings. The molecule has 0 aliphatic carbocycles. The highest BCUT2D eigenvalue weighted by Crippen LogP contribution is 2.28. The first kappa shape index (κ1) is 18.0. The summed E-state index contributed by atoms with van der Waals surface area (Å²) in [4.78, 5) is 24.9. The third-order valence-electron chi connectivity index (χ3n) is 4.41. The van der Waals surface area contributed by atoms with Crippen LogP contribution in [0.1, 0.15) is 48.2 Å². The molecular formula is C21H23NO4. The number of fused-ring (bicyclic) bond motifs is 1. The molecule has 5 nitrogen and oxygen atoms in total. The smallest absolute Gasteiger partial charge is 0.339 e. The van der Waals surface area contributed by atoms with Gasteiger partial charge in [0.2, 0.25) is 0 Å². The van der Waals surface area contributed by atoms with E-state index in [1.54, 1.807) is 18.2 Å². The fraction of sp³-hybridized carbons (Fsp3) is 0.333. The molecular weight excluding hydrogens is 330 g/mol. The van der Waals surface area contributed by atoms with Gasteiger partial charge >= 0.3 is 5.97 Å². The molecule has 5 heteroatoms. The number of nitrogens with one attached hydrogen (secondary N) is 1. The van der Waals surface area contributed by atoms with Crippen molar-refractivity contribution >= 4 is 17.6 Å². The van der Waals surface area contributed by atoms with Crippen LogP contribution in [0.2, 0.25) is 0 Å². The van der Waals surface area contributed by atoms with Gasteiger partial charge in [-0.15, -0.1) is 0 Å². The Balaban J connectivity index is 1.80. The summed E-state index contributed by atoms with van der Waals surface area (Å²) in [6.07, 6.45) is -0.489. The lowest BCUT2D eigenvalue weighted by atomic mass is 9.92. The Hall–Kier alpha value is -2.82. The average Bonchev–Trinajstić information content (AvgIpc) is 2.63. The molecule has 0 aromatic heterocycles. The minimum atomic E-state index is -0.855. The fourth-order valence-corrected chi connectivity index (χ4v) is 2.99. The topological polar surface area (TPSA) is 64.6 Å². The maximum atomic E-state index is 12.7. The number of carbonyl (C=O) groups excluding carboxylic acids is 2. The zero-order chi connectivity index (χ0) is 18.7. The highest BCUT2D eigenvalue weighted by molar-refractivity contribution is 6.00. The van der Waals surface area contributed by atoms with Crippen LogP contribution < -0.4 is 10.1 Å². The molecule has 26 heavy (non-hydrogen) atoms. The lowest BCUT2D eigenvalue weighted by Gasteiger charge is -2.25. The summed E-state index contributed by atoms with van der Waals surface area (Å²) in [5.74, 6) is 0.127. The zero-order valence-corrected chi connectivity index (χ0v) is 15.2. The van der Waals surface area contributed by atoms with Crippen molar-refractivity contribution in [2.45, 2.75) is 39.2 Å². The van der Waals surface area contributed by atoms with E-state index in [4.69, 9.17) is 9.47 Å². The predicted octanol–water partition coefficient (Wildman–Crippen LogP) is 3.93. The molecule has 1 atom stereocenters. The molecule has 3 rings (SSSR count). The molecule has 1 heterocycles. The second kappa shape index (κ2) is 7.60. The van der Waals surface area contributed by atoms with Crippen LogP contribution in [0.3, 0.4) is 0 Å². The van der Waals surface area contributed by atoms with Gasteiger partial charge < -0.3 is 14.8 Å². The first-order valence-corrected chi connectivity index (χ1v) is 8.86. The van der Waals surface area contributed by atoms with E-state index < -0.39 is 12.1 Å². The Morgan fingerprint density at radius 1 is 1.27 bits per heavy atom. The van der Waals surface area contributed by atoms with Gasteiger partial charge in [0.05, 0.1) is 17.9 Å². The number of cyclic esters (lactones) is 1. The van der Waals surface area contributed by atoms with Gasteiger partial charge in [0.1, 0.15) is 5.75 Å². The summed E-state index contributed by atoms with van der Waals surface area (Å²) < 4.78 is 10.9. The number of hydrogen-bond acceptors (Lipinski definition) is 4. The van der Waals surface area contributed by atoms with Crippen molar-refractivity contribution in [2.24, 2.45) is 0 Å². The van der Waals surface area contributed by atoms with Crippen molar-refractivity contribution in [2.75, 3.05) is 11.9 Å². The first-order chi connectivity index (χ1) is 12.5. The molecule has 0 spiro atoms. The number of benzene rings is 2. The molecule has 0 saturated carbocycles. The third-order valence-corrected chi connectivity index (χ3v) is 4.41. The van der Waals surface area contributed by atoms with Crippen LogP contribution in [0.25, 0.3) is 0 Å². The molecule has 1 aliphatic rings. The summed E-state index contributed by atoms with van der Waals surface area (Å²) >= 11 is 0. The number of carbonyl (C=O) groups is 2. The number of amides is 1. The first-order valence-electron chi connectivity index (χ1n) is 8.86. The normalized spacial score (nSPS) is 16.0. The van der Waals surface area contributed by atoms with E-state index in [2.05, 4.69) is 19.2 Å². The van der Waals surface area contributed by atoms with E-state index in [9.17, 15) is 9.59 Å². The van der Waals surface area contributed by atoms with Gasteiger partial charge in [-0.2, -0.15) is 0 Å². The van der Waals surface area contributed by atoms with Crippen LogP contribution in [-0.4, -0.2) is 24.6 Å². The van der Waals surface area contributed by atoms with Crippen LogP contribution in [-0.2, 0) is 16.0 Å². The van der Waals surface area contributed by atoms with Crippen LogP contribution in [0.15, 0.2) is 42.5 Å². The van der Waals surface area contributed by atoms with Gasteiger partial charge in [-0.25, -0.2) is 4.79 Å². The minimum Gasteiger partial charge on any atom is -0.492 e. The number of ether oxygens (including phenoxy) is 2. The van der Waals surface area contributed by atoms with E-state index in [-0.39, 0.29) is 5.91 Å². The lowest BCUT2D eigenvalue weighted by Crippen LogP contribution is -2.38. The highest BCUT2D eigenvalue weighted by Gasteiger charge is 2.32. The van der Waals surface area contributed by atoms with E-state index in [1.165, 1.54) is 0 Å². The van der Waals surface area contributed by atoms with Gasteiger partial charge in [-0.05, 0) is 42.2 Å². The predicted molar refractivity (Wildman–Crippen MR) is 99.7 cm³/mol. The van der Waals surface area contributed by atoms with Crippen molar-refractivity contribution in [3.05, 3.63) is 59.2 Å². The molecule has 0 radical (unpaired) electrons. The molecule has 1 amide bonds. The maximum Gasteiger partial charge on any atom is 0.339 e. The monoisotopic (exact) mass is 353 g/mol. The largest absolute Gasteiger partial charge is 0.492 e. The SMILES string of the molecule is CCOc1ccccc1NC(=O)C1Cc2cc(C(C)C)ccc2C(=O)O1. The molecule has 1 aliphatic heterocycles. The third kappa shape index (κ3) is 3.72. The van der Waals surface area contributed by atoms with Crippen molar-refractivity contribution in [3.63, 3.8) is 0 Å². The van der Waals surface area contributed by atoms with Crippen LogP contribution in [0.5, 0.6) is 5.75 Å². The lowest BCUT2D eigenvalue weighted by molar-refractivity contribution is -0.125. The highest BCUT2D eigenvalue weighted by atomic mass is 16.5. The van der Waals surface area contributed by atoms with Gasteiger partial charge in [-0.3, -0.25) is 4.79 Å². The van der Waals surface area contributed by atoms with Gasteiger partial charge in [-0.1, -0.05) is 38.1 Å². The van der Waals surface area contributed by atoms with E-state index in [0.717, 1.165) is 11.1 Å². The van der Waals surface area contributed by atoms with Crippen molar-refractivity contribution in [1.82, 2.24) is 0 Å². The van der Waals surface area contributed by atoms with E-state index >= 15 is 0 Å². The zero-order valence-electron chi connectivity index (χ0n) is 15.2. The Bertz CT molecular complexity index is 829. The summed E-state index contributed by atoms with van der Waals surface area (Å²) in [6, 6.07) is 12.9. The molecule has 136 valence electrons. The van der Waals surface area contributed by atoms with Gasteiger partial charge in [0.25, 0.3) is 5.91 Å². The molecule has 2 aromatic carbocycles. The summed E-state index contributed by atoms with van der Waals surface area (Å²) in [7, 11) is 0. The van der Waals surface area contributed by atoms with Crippen molar-refractivity contribution in [3.8, 4) is 5.75 Å². The fourth-order valence-electron chi connectivity index (χ4n) is 2.99. The number of anilines is 1. The quantitative estimate of drug-likeness (QED) is 0.827. The summed E-state index contributed by atoms with van der Waals surface area (Å²) in [5.41, 5.74) is 3.09. The van der Waals surface area contributed by atoms with Gasteiger partial charge in [0, 0.05) is 6.42 Å². The number of rotatable bonds is 5. The number of esters is 1. The van der Waals surface area contributed by atoms with Gasteiger partial charge in [0.15, 0.2) is 6.10 Å². The average molecular weight is 353 g/mol. The number of hydrogen-bond donors (Lipinski definition) is 1. The van der Waals surface area contributed by atoms with E-state index in [0.29, 0.717) is 35.9 Å². The Kier molecular flexibility index (Phi) is 5.26. The number of para-hydroxylation sites is 2. The van der Waals surface area contributed by atoms with Crippen LogP contribution in [0.4, 0.5) is 5.69 Å². The van der Waals surface area contributed by atoms with Crippen LogP contribution in [0, 0.1) is 0 Å². The second-order valence-electron chi connectivity index (χ2n) is 6.59. The molecule has 1 unspecified atom stereocenters. The van der Waals surface area contributed by atoms with Crippen LogP contribution >= 0.6 is 0 Å².